The maximum absolute atomic E-state index is 11.6. The van der Waals surface area contributed by atoms with Crippen LogP contribution in [0.1, 0.15) is 20.3 Å². The number of aliphatic hydroxyl groups excluding tert-OH is 1. The number of imide groups is 2. The number of ether oxygens (including phenoxy) is 2. The Balaban J connectivity index is 2.06. The highest BCUT2D eigenvalue weighted by Crippen LogP contribution is 2.31. The molecule has 4 amide bonds. The number of hydrogen-bond donors (Lipinski definition) is 3. The van der Waals surface area contributed by atoms with Crippen LogP contribution in [0.25, 0.3) is 0 Å². The van der Waals surface area contributed by atoms with Crippen LogP contribution >= 0.6 is 0 Å². The van der Waals surface area contributed by atoms with Gasteiger partial charge in [-0.1, -0.05) is 0 Å². The van der Waals surface area contributed by atoms with Crippen molar-refractivity contribution in [3.63, 3.8) is 0 Å². The summed E-state index contributed by atoms with van der Waals surface area (Å²) in [5.74, 6) is -3.25. The number of nitrogens with one attached hydrogen (secondary N) is 2. The van der Waals surface area contributed by atoms with E-state index in [2.05, 4.69) is 0 Å². The van der Waals surface area contributed by atoms with E-state index in [1.54, 1.807) is 13.8 Å². The maximum atomic E-state index is 11.6. The lowest BCUT2D eigenvalue weighted by Crippen LogP contribution is -2.56. The molecule has 2 rings (SSSR count). The minimum absolute atomic E-state index is 0.0413. The molecule has 0 bridgehead atoms. The molecule has 2 atom stereocenters. The third-order valence-corrected chi connectivity index (χ3v) is 3.04. The van der Waals surface area contributed by atoms with Crippen LogP contribution in [0, 0.1) is 5.92 Å². The van der Waals surface area contributed by atoms with Crippen LogP contribution in [0.3, 0.4) is 0 Å². The monoisotopic (exact) mass is 272 g/mol. The Morgan fingerprint density at radius 3 is 2.16 bits per heavy atom. The molecule has 0 saturated carbocycles. The average Bonchev–Trinajstić information content (AvgIpc) is 2.58. The normalized spacial score (nSPS) is 31.2. The molecule has 0 aromatic heterocycles. The molecule has 2 heterocycles. The summed E-state index contributed by atoms with van der Waals surface area (Å²) in [5, 5.41) is 13.2. The van der Waals surface area contributed by atoms with E-state index in [-0.39, 0.29) is 13.0 Å². The molecule has 0 aromatic carbocycles. The second-order valence-electron chi connectivity index (χ2n) is 4.99. The highest BCUT2D eigenvalue weighted by Gasteiger charge is 2.45. The van der Waals surface area contributed by atoms with Gasteiger partial charge in [0, 0.05) is 0 Å². The molecule has 2 fully saturated rings. The van der Waals surface area contributed by atoms with E-state index in [0.29, 0.717) is 0 Å². The molecule has 0 aliphatic carbocycles. The van der Waals surface area contributed by atoms with E-state index in [4.69, 9.17) is 9.47 Å². The van der Waals surface area contributed by atoms with Crippen molar-refractivity contribution in [2.45, 2.75) is 38.3 Å². The number of amides is 4. The fraction of sp³-hybridized carbons (Fsp3) is 0.727. The average molecular weight is 272 g/mol. The van der Waals surface area contributed by atoms with Crippen molar-refractivity contribution < 1.29 is 29.0 Å². The molecule has 2 aliphatic heterocycles. The molecule has 3 N–H and O–H groups in total. The lowest BCUT2D eigenvalue weighted by atomic mass is 9.96. The number of hydrogen-bond acceptors (Lipinski definition) is 6. The van der Waals surface area contributed by atoms with Crippen LogP contribution in [-0.4, -0.2) is 47.6 Å². The van der Waals surface area contributed by atoms with Crippen molar-refractivity contribution in [1.29, 1.82) is 0 Å². The largest absolute Gasteiger partial charge is 0.394 e. The topological polar surface area (TPSA) is 114 Å². The second-order valence-corrected chi connectivity index (χ2v) is 4.99. The van der Waals surface area contributed by atoms with Crippen molar-refractivity contribution in [2.24, 2.45) is 5.92 Å². The lowest BCUT2D eigenvalue weighted by Gasteiger charge is -2.24. The number of carbonyl (C=O) groups is 3. The fourth-order valence-electron chi connectivity index (χ4n) is 2.26. The van der Waals surface area contributed by atoms with Crippen molar-refractivity contribution >= 4 is 17.8 Å². The van der Waals surface area contributed by atoms with Crippen molar-refractivity contribution in [3.05, 3.63) is 0 Å². The first-order chi connectivity index (χ1) is 8.82. The predicted molar refractivity (Wildman–Crippen MR) is 60.7 cm³/mol. The number of aliphatic hydroxyl groups is 1. The predicted octanol–water partition coefficient (Wildman–Crippen LogP) is -1.13. The first-order valence-electron chi connectivity index (χ1n) is 5.94. The Morgan fingerprint density at radius 2 is 1.63 bits per heavy atom. The van der Waals surface area contributed by atoms with E-state index in [9.17, 15) is 19.5 Å². The number of urea groups is 1. The summed E-state index contributed by atoms with van der Waals surface area (Å²) >= 11 is 0. The Kier molecular flexibility index (Phi) is 3.57. The Hall–Kier alpha value is -1.51. The molecule has 8 nitrogen and oxygen atoms in total. The van der Waals surface area contributed by atoms with Gasteiger partial charge in [0.25, 0.3) is 0 Å². The van der Waals surface area contributed by atoms with Gasteiger partial charge >= 0.3 is 6.03 Å². The standard InChI is InChI=1S/C11H16N2O6/c1-11(2)18-6(7(4-14)19-11)3-5-8(15)12-10(17)13-9(5)16/h5-7,14H,3-4H2,1-2H3,(H2,12,13,15,16,17)/t6-,7+/m0/s1. The van der Waals surface area contributed by atoms with Gasteiger partial charge in [-0.05, 0) is 20.3 Å². The summed E-state index contributed by atoms with van der Waals surface area (Å²) in [6.07, 6.45) is -1.15. The van der Waals surface area contributed by atoms with Gasteiger partial charge in [0.15, 0.2) is 5.79 Å². The number of rotatable bonds is 3. The summed E-state index contributed by atoms with van der Waals surface area (Å²) in [6, 6.07) is -0.825. The number of barbiturate groups is 1. The summed E-state index contributed by atoms with van der Waals surface area (Å²) < 4.78 is 11.0. The van der Waals surface area contributed by atoms with Gasteiger partial charge in [0.2, 0.25) is 11.8 Å². The van der Waals surface area contributed by atoms with Crippen molar-refractivity contribution in [1.82, 2.24) is 10.6 Å². The third kappa shape index (κ3) is 2.91. The number of carbonyl (C=O) groups excluding carboxylic acids is 3. The van der Waals surface area contributed by atoms with Crippen LogP contribution in [0.5, 0.6) is 0 Å². The van der Waals surface area contributed by atoms with Gasteiger partial charge in [-0.15, -0.1) is 0 Å². The maximum Gasteiger partial charge on any atom is 0.328 e. The molecule has 106 valence electrons. The van der Waals surface area contributed by atoms with Crippen LogP contribution in [0.4, 0.5) is 4.79 Å². The van der Waals surface area contributed by atoms with Gasteiger partial charge < -0.3 is 14.6 Å². The fourth-order valence-corrected chi connectivity index (χ4v) is 2.26. The van der Waals surface area contributed by atoms with Crippen molar-refractivity contribution in [2.75, 3.05) is 6.61 Å². The van der Waals surface area contributed by atoms with Gasteiger partial charge in [-0.2, -0.15) is 0 Å². The zero-order valence-corrected chi connectivity index (χ0v) is 10.6. The molecule has 2 saturated heterocycles. The van der Waals surface area contributed by atoms with E-state index in [0.717, 1.165) is 0 Å². The molecular formula is C11H16N2O6. The Labute approximate surface area is 109 Å². The highest BCUT2D eigenvalue weighted by atomic mass is 16.8. The minimum Gasteiger partial charge on any atom is -0.394 e. The summed E-state index contributed by atoms with van der Waals surface area (Å²) in [6.45, 7) is 3.09. The summed E-state index contributed by atoms with van der Waals surface area (Å²) in [4.78, 5) is 34.1. The van der Waals surface area contributed by atoms with Gasteiger partial charge in [0.05, 0.1) is 12.7 Å². The van der Waals surface area contributed by atoms with E-state index < -0.39 is 41.8 Å². The third-order valence-electron chi connectivity index (χ3n) is 3.04. The van der Waals surface area contributed by atoms with E-state index in [1.165, 1.54) is 0 Å². The molecule has 0 radical (unpaired) electrons. The molecule has 0 aromatic rings. The van der Waals surface area contributed by atoms with Crippen molar-refractivity contribution in [3.8, 4) is 0 Å². The Bertz CT molecular complexity index is 401. The van der Waals surface area contributed by atoms with Crippen LogP contribution in [0.15, 0.2) is 0 Å². The molecular weight excluding hydrogens is 256 g/mol. The zero-order valence-electron chi connectivity index (χ0n) is 10.6. The van der Waals surface area contributed by atoms with Gasteiger partial charge in [-0.3, -0.25) is 20.2 Å². The highest BCUT2D eigenvalue weighted by molar-refractivity contribution is 6.16. The van der Waals surface area contributed by atoms with Gasteiger partial charge in [0.1, 0.15) is 12.0 Å². The zero-order chi connectivity index (χ0) is 14.2. The first kappa shape index (κ1) is 13.9. The second kappa shape index (κ2) is 4.87. The molecule has 0 unspecified atom stereocenters. The lowest BCUT2D eigenvalue weighted by molar-refractivity contribution is -0.153. The summed E-state index contributed by atoms with van der Waals surface area (Å²) in [7, 11) is 0. The molecule has 19 heavy (non-hydrogen) atoms. The first-order valence-corrected chi connectivity index (χ1v) is 5.94. The minimum atomic E-state index is -1.03. The van der Waals surface area contributed by atoms with Crippen LogP contribution < -0.4 is 10.6 Å². The molecule has 0 spiro atoms. The Morgan fingerprint density at radius 1 is 1.11 bits per heavy atom. The van der Waals surface area contributed by atoms with Crippen LogP contribution in [-0.2, 0) is 19.1 Å². The van der Waals surface area contributed by atoms with Crippen LogP contribution in [0.2, 0.25) is 0 Å². The molecule has 8 heteroatoms. The molecule has 2 aliphatic rings. The SMILES string of the molecule is CC1(C)O[C@@H](CC2C(=O)NC(=O)NC2=O)[C@@H](CO)O1. The quantitative estimate of drug-likeness (QED) is 0.560. The van der Waals surface area contributed by atoms with E-state index in [1.807, 2.05) is 10.6 Å². The summed E-state index contributed by atoms with van der Waals surface area (Å²) in [5.41, 5.74) is 0. The van der Waals surface area contributed by atoms with Gasteiger partial charge in [-0.25, -0.2) is 4.79 Å². The smallest absolute Gasteiger partial charge is 0.328 e. The van der Waals surface area contributed by atoms with E-state index >= 15 is 0 Å².